The number of nitrogens with two attached hydrogens (primary N) is 1. The molecule has 0 aliphatic carbocycles. The zero-order valence-corrected chi connectivity index (χ0v) is 14.5. The van der Waals surface area contributed by atoms with Crippen molar-refractivity contribution >= 4 is 29.1 Å². The molecule has 0 unspecified atom stereocenters. The number of benzene rings is 2. The summed E-state index contributed by atoms with van der Waals surface area (Å²) in [6.07, 6.45) is 1.80. The van der Waals surface area contributed by atoms with E-state index >= 15 is 0 Å². The number of hydrogen-bond acceptors (Lipinski definition) is 3. The molecule has 3 N–H and O–H groups in total. The second kappa shape index (κ2) is 7.68. The largest absolute Gasteiger partial charge is 0.366 e. The number of anilines is 1. The lowest BCUT2D eigenvalue weighted by Gasteiger charge is -2.23. The zero-order valence-electron chi connectivity index (χ0n) is 13.7. The Bertz CT molecular complexity index is 779. The monoisotopic (exact) mass is 357 g/mol. The standard InChI is InChI=1S/C19H20ClN3O2/c20-16-9-8-14(11-15(16)18(21)24)22-19(25)17-7-4-10-23(17)12-13-5-2-1-3-6-13/h1-3,5-6,8-9,11,17H,4,7,10,12H2,(H2,21,24)(H,22,25)/t17-/m0/s1. The van der Waals surface area contributed by atoms with Crippen LogP contribution in [0.4, 0.5) is 5.69 Å². The maximum absolute atomic E-state index is 12.7. The van der Waals surface area contributed by atoms with Crippen molar-refractivity contribution in [1.29, 1.82) is 0 Å². The van der Waals surface area contributed by atoms with Crippen LogP contribution < -0.4 is 11.1 Å². The number of likely N-dealkylation sites (tertiary alicyclic amines) is 1. The minimum atomic E-state index is -0.618. The molecule has 3 rings (SSSR count). The van der Waals surface area contributed by atoms with Gasteiger partial charge in [0, 0.05) is 12.2 Å². The second-order valence-corrected chi connectivity index (χ2v) is 6.57. The van der Waals surface area contributed by atoms with Gasteiger partial charge in [-0.1, -0.05) is 41.9 Å². The molecule has 1 saturated heterocycles. The molecule has 6 heteroatoms. The maximum atomic E-state index is 12.7. The van der Waals surface area contributed by atoms with Gasteiger partial charge in [0.1, 0.15) is 0 Å². The predicted molar refractivity (Wildman–Crippen MR) is 98.5 cm³/mol. The molecule has 1 aliphatic heterocycles. The molecule has 2 amide bonds. The maximum Gasteiger partial charge on any atom is 0.250 e. The highest BCUT2D eigenvalue weighted by atomic mass is 35.5. The quantitative estimate of drug-likeness (QED) is 0.863. The third kappa shape index (κ3) is 4.18. The van der Waals surface area contributed by atoms with Crippen molar-refractivity contribution in [3.8, 4) is 0 Å². The third-order valence-corrected chi connectivity index (χ3v) is 4.72. The van der Waals surface area contributed by atoms with Crippen LogP contribution in [0.5, 0.6) is 0 Å². The Hall–Kier alpha value is -2.37. The molecule has 5 nitrogen and oxygen atoms in total. The number of amides is 2. The summed E-state index contributed by atoms with van der Waals surface area (Å²) >= 11 is 5.95. The molecular weight excluding hydrogens is 338 g/mol. The molecule has 0 saturated carbocycles. The Balaban J connectivity index is 1.70. The average molecular weight is 358 g/mol. The number of carbonyl (C=O) groups is 2. The molecule has 0 aromatic heterocycles. The number of nitrogens with one attached hydrogen (secondary N) is 1. The van der Waals surface area contributed by atoms with Gasteiger partial charge in [0.25, 0.3) is 0 Å². The molecule has 1 fully saturated rings. The SMILES string of the molecule is NC(=O)c1cc(NC(=O)[C@@H]2CCCN2Cc2ccccc2)ccc1Cl. The summed E-state index contributed by atoms with van der Waals surface area (Å²) < 4.78 is 0. The lowest BCUT2D eigenvalue weighted by Crippen LogP contribution is -2.39. The predicted octanol–water partition coefficient (Wildman–Crippen LogP) is 3.04. The Kier molecular flexibility index (Phi) is 5.36. The van der Waals surface area contributed by atoms with E-state index in [1.165, 1.54) is 11.6 Å². The zero-order chi connectivity index (χ0) is 17.8. The number of halogens is 1. The van der Waals surface area contributed by atoms with E-state index in [0.717, 1.165) is 25.9 Å². The van der Waals surface area contributed by atoms with Gasteiger partial charge in [-0.05, 0) is 43.1 Å². The van der Waals surface area contributed by atoms with Gasteiger partial charge in [0.05, 0.1) is 16.6 Å². The van der Waals surface area contributed by atoms with Crippen molar-refractivity contribution < 1.29 is 9.59 Å². The Morgan fingerprint density at radius 3 is 2.68 bits per heavy atom. The van der Waals surface area contributed by atoms with Gasteiger partial charge in [-0.2, -0.15) is 0 Å². The van der Waals surface area contributed by atoms with Gasteiger partial charge in [-0.25, -0.2) is 0 Å². The second-order valence-electron chi connectivity index (χ2n) is 6.16. The van der Waals surface area contributed by atoms with Gasteiger partial charge in [0.2, 0.25) is 11.8 Å². The van der Waals surface area contributed by atoms with Crippen LogP contribution in [-0.2, 0) is 11.3 Å². The normalized spacial score (nSPS) is 17.4. The lowest BCUT2D eigenvalue weighted by molar-refractivity contribution is -0.120. The third-order valence-electron chi connectivity index (χ3n) is 4.39. The fourth-order valence-corrected chi connectivity index (χ4v) is 3.36. The van der Waals surface area contributed by atoms with E-state index in [9.17, 15) is 9.59 Å². The fraction of sp³-hybridized carbons (Fsp3) is 0.263. The highest BCUT2D eigenvalue weighted by Gasteiger charge is 2.30. The van der Waals surface area contributed by atoms with Crippen molar-refractivity contribution in [2.75, 3.05) is 11.9 Å². The van der Waals surface area contributed by atoms with E-state index in [0.29, 0.717) is 5.69 Å². The lowest BCUT2D eigenvalue weighted by atomic mass is 10.1. The Labute approximate surface area is 151 Å². The van der Waals surface area contributed by atoms with Crippen LogP contribution in [-0.4, -0.2) is 29.3 Å². The first-order valence-corrected chi connectivity index (χ1v) is 8.60. The van der Waals surface area contributed by atoms with Gasteiger partial charge in [-0.15, -0.1) is 0 Å². The van der Waals surface area contributed by atoms with E-state index in [1.54, 1.807) is 12.1 Å². The molecule has 2 aromatic rings. The fourth-order valence-electron chi connectivity index (χ4n) is 3.15. The van der Waals surface area contributed by atoms with Crippen LogP contribution in [0, 0.1) is 0 Å². The molecule has 0 spiro atoms. The average Bonchev–Trinajstić information content (AvgIpc) is 3.05. The molecule has 0 bridgehead atoms. The highest BCUT2D eigenvalue weighted by molar-refractivity contribution is 6.34. The van der Waals surface area contributed by atoms with E-state index in [1.807, 2.05) is 18.2 Å². The van der Waals surface area contributed by atoms with Crippen molar-refractivity contribution in [2.24, 2.45) is 5.73 Å². The van der Waals surface area contributed by atoms with Crippen LogP contribution in [0.3, 0.4) is 0 Å². The number of carbonyl (C=O) groups excluding carboxylic acids is 2. The van der Waals surface area contributed by atoms with Crippen LogP contribution >= 0.6 is 11.6 Å². The molecule has 0 radical (unpaired) electrons. The summed E-state index contributed by atoms with van der Waals surface area (Å²) in [4.78, 5) is 26.2. The number of hydrogen-bond donors (Lipinski definition) is 2. The highest BCUT2D eigenvalue weighted by Crippen LogP contribution is 2.24. The van der Waals surface area contributed by atoms with Crippen LogP contribution in [0.25, 0.3) is 0 Å². The Morgan fingerprint density at radius 2 is 1.96 bits per heavy atom. The minimum Gasteiger partial charge on any atom is -0.366 e. The molecule has 2 aromatic carbocycles. The van der Waals surface area contributed by atoms with Crippen LogP contribution in [0.15, 0.2) is 48.5 Å². The van der Waals surface area contributed by atoms with Gasteiger partial charge in [-0.3, -0.25) is 14.5 Å². The first kappa shape index (κ1) is 17.5. The topological polar surface area (TPSA) is 75.4 Å². The smallest absolute Gasteiger partial charge is 0.250 e. The van der Waals surface area contributed by atoms with Gasteiger partial charge >= 0.3 is 0 Å². The molecule has 1 aliphatic rings. The summed E-state index contributed by atoms with van der Waals surface area (Å²) in [6.45, 7) is 1.63. The molecule has 130 valence electrons. The van der Waals surface area contributed by atoms with Crippen molar-refractivity contribution in [3.05, 3.63) is 64.7 Å². The van der Waals surface area contributed by atoms with Crippen LogP contribution in [0.2, 0.25) is 5.02 Å². The summed E-state index contributed by atoms with van der Waals surface area (Å²) in [5.41, 5.74) is 7.21. The van der Waals surface area contributed by atoms with Crippen molar-refractivity contribution in [2.45, 2.75) is 25.4 Å². The Morgan fingerprint density at radius 1 is 1.20 bits per heavy atom. The molecule has 1 heterocycles. The summed E-state index contributed by atoms with van der Waals surface area (Å²) in [5, 5.41) is 3.15. The number of nitrogens with zero attached hydrogens (tertiary/aromatic N) is 1. The first-order valence-electron chi connectivity index (χ1n) is 8.23. The van der Waals surface area contributed by atoms with Crippen LogP contribution in [0.1, 0.15) is 28.8 Å². The summed E-state index contributed by atoms with van der Waals surface area (Å²) in [5.74, 6) is -0.696. The number of primary amides is 1. The van der Waals surface area contributed by atoms with Crippen molar-refractivity contribution in [3.63, 3.8) is 0 Å². The van der Waals surface area contributed by atoms with Crippen molar-refractivity contribution in [1.82, 2.24) is 4.90 Å². The molecular formula is C19H20ClN3O2. The summed E-state index contributed by atoms with van der Waals surface area (Å²) in [7, 11) is 0. The number of rotatable bonds is 5. The van der Waals surface area contributed by atoms with E-state index < -0.39 is 5.91 Å². The van der Waals surface area contributed by atoms with E-state index in [2.05, 4.69) is 22.3 Å². The summed E-state index contributed by atoms with van der Waals surface area (Å²) in [6, 6.07) is 14.7. The van der Waals surface area contributed by atoms with Gasteiger partial charge in [0.15, 0.2) is 0 Å². The molecule has 1 atom stereocenters. The minimum absolute atomic E-state index is 0.0776. The van der Waals surface area contributed by atoms with E-state index in [4.69, 9.17) is 17.3 Å². The first-order chi connectivity index (χ1) is 12.0. The van der Waals surface area contributed by atoms with Gasteiger partial charge < -0.3 is 11.1 Å². The van der Waals surface area contributed by atoms with E-state index in [-0.39, 0.29) is 22.5 Å². The molecule has 25 heavy (non-hydrogen) atoms.